The highest BCUT2D eigenvalue weighted by Gasteiger charge is 2.42. The number of rotatable bonds is 3. The van der Waals surface area contributed by atoms with E-state index in [9.17, 15) is 4.39 Å². The summed E-state index contributed by atoms with van der Waals surface area (Å²) in [5, 5.41) is 24.5. The maximum atomic E-state index is 15.1. The molecule has 152 valence electrons. The molecule has 0 bridgehead atoms. The summed E-state index contributed by atoms with van der Waals surface area (Å²) in [7, 11) is 1.58. The lowest BCUT2D eigenvalue weighted by molar-refractivity contribution is 0.0656. The van der Waals surface area contributed by atoms with Crippen LogP contribution in [0, 0.1) is 16.6 Å². The third-order valence-electron chi connectivity index (χ3n) is 4.39. The van der Waals surface area contributed by atoms with Crippen molar-refractivity contribution < 1.29 is 13.2 Å². The van der Waals surface area contributed by atoms with Crippen molar-refractivity contribution in [2.24, 2.45) is 7.05 Å². The Hall–Kier alpha value is -3.53. The predicted molar refractivity (Wildman–Crippen MR) is 104 cm³/mol. The van der Waals surface area contributed by atoms with Gasteiger partial charge in [-0.05, 0) is 24.3 Å². The third-order valence-corrected chi connectivity index (χ3v) is 4.60. The first-order chi connectivity index (χ1) is 14.2. The Bertz CT molecular complexity index is 1360. The van der Waals surface area contributed by atoms with Crippen LogP contribution in [0.4, 0.5) is 13.2 Å². The molecule has 11 heteroatoms. The van der Waals surface area contributed by atoms with E-state index in [1.807, 2.05) is 0 Å². The summed E-state index contributed by atoms with van der Waals surface area (Å²) in [6.45, 7) is 0. The monoisotopic (exact) mass is 431 g/mol. The van der Waals surface area contributed by atoms with Gasteiger partial charge in [-0.3, -0.25) is 20.5 Å². The van der Waals surface area contributed by atoms with Gasteiger partial charge in [-0.25, -0.2) is 4.39 Å². The molecule has 0 fully saturated rings. The molecule has 0 atom stereocenters. The fourth-order valence-electron chi connectivity index (χ4n) is 2.97. The molecule has 4 aromatic rings. The molecule has 7 nitrogen and oxygen atoms in total. The molecule has 0 aliphatic heterocycles. The minimum Gasteiger partial charge on any atom is -0.283 e. The van der Waals surface area contributed by atoms with Gasteiger partial charge in [-0.2, -0.15) is 23.7 Å². The zero-order valence-electron chi connectivity index (χ0n) is 15.4. The average Bonchev–Trinajstić information content (AvgIpc) is 3.06. The van der Waals surface area contributed by atoms with Gasteiger partial charge in [0.2, 0.25) is 0 Å². The first-order valence-corrected chi connectivity index (χ1v) is 8.91. The van der Waals surface area contributed by atoms with Crippen LogP contribution in [0.25, 0.3) is 22.2 Å². The lowest BCUT2D eigenvalue weighted by Gasteiger charge is -2.20. The molecule has 30 heavy (non-hydrogen) atoms. The molecular weight excluding hydrogens is 419 g/mol. The Balaban J connectivity index is 1.81. The van der Waals surface area contributed by atoms with Crippen molar-refractivity contribution in [2.75, 3.05) is 0 Å². The van der Waals surface area contributed by atoms with Gasteiger partial charge in [0.1, 0.15) is 11.3 Å². The highest BCUT2D eigenvalue weighted by atomic mass is 35.5. The van der Waals surface area contributed by atoms with Gasteiger partial charge < -0.3 is 0 Å². The molecule has 0 aliphatic rings. The number of nitrogens with one attached hydrogen (secondary N) is 2. The number of aromatic nitrogens is 5. The predicted octanol–water partition coefficient (Wildman–Crippen LogP) is 3.72. The SMILES string of the molecule is Cn1cc2cc(C(F)(F)C(=N)n3nc(-c4cncc(Cl)c4)ccc3=N)c(F)cc2n1. The molecule has 0 unspecified atom stereocenters. The van der Waals surface area contributed by atoms with E-state index in [0.29, 0.717) is 20.7 Å². The Morgan fingerprint density at radius 1 is 1.13 bits per heavy atom. The lowest BCUT2D eigenvalue weighted by Crippen LogP contribution is -2.40. The smallest absolute Gasteiger partial charge is 0.283 e. The summed E-state index contributed by atoms with van der Waals surface area (Å²) in [6, 6.07) is 5.97. The van der Waals surface area contributed by atoms with Crippen LogP contribution >= 0.6 is 11.6 Å². The van der Waals surface area contributed by atoms with Crippen molar-refractivity contribution in [2.45, 2.75) is 5.92 Å². The molecule has 0 saturated heterocycles. The van der Waals surface area contributed by atoms with E-state index in [1.54, 1.807) is 7.05 Å². The maximum absolute atomic E-state index is 15.1. The zero-order chi connectivity index (χ0) is 21.6. The molecule has 0 aliphatic carbocycles. The summed E-state index contributed by atoms with van der Waals surface area (Å²) >= 11 is 5.90. The van der Waals surface area contributed by atoms with Crippen LogP contribution in [0.2, 0.25) is 5.02 Å². The van der Waals surface area contributed by atoms with Gasteiger partial charge >= 0.3 is 5.92 Å². The van der Waals surface area contributed by atoms with Crippen molar-refractivity contribution in [1.29, 1.82) is 10.8 Å². The van der Waals surface area contributed by atoms with E-state index in [0.717, 1.165) is 12.1 Å². The molecular formula is C19H13ClF3N7. The second kappa shape index (κ2) is 7.06. The number of alkyl halides is 2. The molecule has 1 aromatic carbocycles. The van der Waals surface area contributed by atoms with Crippen LogP contribution < -0.4 is 5.49 Å². The number of hydrogen-bond acceptors (Lipinski definition) is 5. The van der Waals surface area contributed by atoms with E-state index in [2.05, 4.69) is 15.2 Å². The summed E-state index contributed by atoms with van der Waals surface area (Å²) in [6.07, 6.45) is 4.28. The highest BCUT2D eigenvalue weighted by Crippen LogP contribution is 2.34. The maximum Gasteiger partial charge on any atom is 0.334 e. The average molecular weight is 432 g/mol. The van der Waals surface area contributed by atoms with Crippen LogP contribution in [0.3, 0.4) is 0 Å². The van der Waals surface area contributed by atoms with Gasteiger partial charge in [0.05, 0.1) is 21.8 Å². The Labute approximate surface area is 172 Å². The summed E-state index contributed by atoms with van der Waals surface area (Å²) in [5.41, 5.74) is -0.679. The fraction of sp³-hybridized carbons (Fsp3) is 0.105. The van der Waals surface area contributed by atoms with Crippen molar-refractivity contribution in [3.8, 4) is 11.3 Å². The normalized spacial score (nSPS) is 11.8. The summed E-state index contributed by atoms with van der Waals surface area (Å²) in [4.78, 5) is 3.91. The molecule has 0 amide bonds. The summed E-state index contributed by atoms with van der Waals surface area (Å²) in [5.74, 6) is -6.64. The first kappa shape index (κ1) is 19.8. The third kappa shape index (κ3) is 3.35. The van der Waals surface area contributed by atoms with E-state index in [-0.39, 0.29) is 11.2 Å². The van der Waals surface area contributed by atoms with Gasteiger partial charge in [-0.15, -0.1) is 0 Å². The number of halogens is 4. The van der Waals surface area contributed by atoms with Gasteiger partial charge in [0.25, 0.3) is 0 Å². The summed E-state index contributed by atoms with van der Waals surface area (Å²) < 4.78 is 46.6. The number of aryl methyl sites for hydroxylation is 1. The molecule has 2 N–H and O–H groups in total. The second-order valence-electron chi connectivity index (χ2n) is 6.52. The number of hydrogen-bond donors (Lipinski definition) is 2. The van der Waals surface area contributed by atoms with E-state index >= 15 is 8.78 Å². The largest absolute Gasteiger partial charge is 0.334 e. The van der Waals surface area contributed by atoms with Gasteiger partial charge in [-0.1, -0.05) is 11.6 Å². The topological polar surface area (TPSA) is 96.2 Å². The van der Waals surface area contributed by atoms with Crippen LogP contribution in [0.1, 0.15) is 5.56 Å². The molecule has 3 aromatic heterocycles. The number of fused-ring (bicyclic) bond motifs is 1. The second-order valence-corrected chi connectivity index (χ2v) is 6.96. The molecule has 0 spiro atoms. The van der Waals surface area contributed by atoms with E-state index in [4.69, 9.17) is 22.4 Å². The molecule has 4 rings (SSSR count). The zero-order valence-corrected chi connectivity index (χ0v) is 16.1. The number of pyridine rings is 1. The Morgan fingerprint density at radius 2 is 1.90 bits per heavy atom. The van der Waals surface area contributed by atoms with Gasteiger partial charge in [0.15, 0.2) is 5.84 Å². The molecule has 0 saturated carbocycles. The first-order valence-electron chi connectivity index (χ1n) is 8.53. The van der Waals surface area contributed by atoms with Crippen molar-refractivity contribution in [3.63, 3.8) is 0 Å². The minimum absolute atomic E-state index is 0.171. The lowest BCUT2D eigenvalue weighted by atomic mass is 10.0. The van der Waals surface area contributed by atoms with E-state index in [1.165, 1.54) is 41.5 Å². The van der Waals surface area contributed by atoms with Crippen LogP contribution in [-0.2, 0) is 13.0 Å². The highest BCUT2D eigenvalue weighted by molar-refractivity contribution is 6.30. The minimum atomic E-state index is -4.06. The van der Waals surface area contributed by atoms with Crippen molar-refractivity contribution in [1.82, 2.24) is 24.5 Å². The fourth-order valence-corrected chi connectivity index (χ4v) is 3.14. The molecule has 0 radical (unpaired) electrons. The standard InChI is InChI=1S/C19H13ClF3N7/c1-29-9-11-5-13(14(21)6-16(11)27-29)19(22,23)18(25)30-17(24)3-2-15(28-30)10-4-12(20)8-26-7-10/h2-9,24-25H,1H3. The van der Waals surface area contributed by atoms with Crippen LogP contribution in [-0.4, -0.2) is 30.4 Å². The Morgan fingerprint density at radius 3 is 2.63 bits per heavy atom. The van der Waals surface area contributed by atoms with Crippen LogP contribution in [0.15, 0.2) is 48.9 Å². The van der Waals surface area contributed by atoms with Crippen molar-refractivity contribution in [3.05, 3.63) is 70.8 Å². The molecule has 3 heterocycles. The van der Waals surface area contributed by atoms with Crippen LogP contribution in [0.5, 0.6) is 0 Å². The van der Waals surface area contributed by atoms with E-state index < -0.39 is 28.6 Å². The van der Waals surface area contributed by atoms with Crippen molar-refractivity contribution >= 4 is 28.3 Å². The quantitative estimate of drug-likeness (QED) is 0.382. The Kier molecular flexibility index (Phi) is 4.65. The number of benzene rings is 1. The number of nitrogens with zero attached hydrogens (tertiary/aromatic N) is 5. The van der Waals surface area contributed by atoms with Gasteiger partial charge in [0, 0.05) is 42.7 Å².